The lowest BCUT2D eigenvalue weighted by Crippen LogP contribution is -2.40. The second-order valence-electron chi connectivity index (χ2n) is 6.78. The smallest absolute Gasteiger partial charge is 0.430 e. The first-order chi connectivity index (χ1) is 13.2. The Morgan fingerprint density at radius 1 is 1.11 bits per heavy atom. The summed E-state index contributed by atoms with van der Waals surface area (Å²) in [5.74, 6) is -0.901. The Morgan fingerprint density at radius 2 is 1.82 bits per heavy atom. The number of hydrogen-bond donors (Lipinski definition) is 0. The summed E-state index contributed by atoms with van der Waals surface area (Å²) in [6, 6.07) is 11.2. The molecule has 0 fully saturated rings. The number of fused-ring (bicyclic) bond motifs is 1. The van der Waals surface area contributed by atoms with Gasteiger partial charge < -0.3 is 9.47 Å². The topological polar surface area (TPSA) is 35.5 Å². The van der Waals surface area contributed by atoms with Gasteiger partial charge >= 0.3 is 12.1 Å². The van der Waals surface area contributed by atoms with Crippen molar-refractivity contribution in [3.05, 3.63) is 69.8 Å². The first kappa shape index (κ1) is 20.0. The number of halogens is 3. The molecule has 0 spiro atoms. The van der Waals surface area contributed by atoms with Crippen molar-refractivity contribution in [1.82, 2.24) is 0 Å². The molecule has 0 saturated heterocycles. The van der Waals surface area contributed by atoms with Gasteiger partial charge in [0.1, 0.15) is 5.75 Å². The van der Waals surface area contributed by atoms with Crippen molar-refractivity contribution in [2.45, 2.75) is 39.5 Å². The molecule has 148 valence electrons. The van der Waals surface area contributed by atoms with Crippen LogP contribution < -0.4 is 4.74 Å². The summed E-state index contributed by atoms with van der Waals surface area (Å²) in [5.41, 5.74) is 3.90. The van der Waals surface area contributed by atoms with Gasteiger partial charge in [-0.25, -0.2) is 4.79 Å². The molecule has 0 bridgehead atoms. The highest BCUT2D eigenvalue weighted by Gasteiger charge is 2.48. The summed E-state index contributed by atoms with van der Waals surface area (Å²) >= 11 is 0. The monoisotopic (exact) mass is 390 g/mol. The molecule has 6 heteroatoms. The minimum atomic E-state index is -4.72. The van der Waals surface area contributed by atoms with Crippen molar-refractivity contribution < 1.29 is 27.4 Å². The fourth-order valence-electron chi connectivity index (χ4n) is 3.23. The first-order valence-electron chi connectivity index (χ1n) is 9.00. The quantitative estimate of drug-likeness (QED) is 0.676. The molecule has 0 amide bonds. The number of carbonyl (C=O) groups is 1. The SMILES string of the molecule is CCOC(=O)C1=Cc2cc(C)c(Cc3ccccc3C)cc2OC1C(F)(F)F. The van der Waals surface area contributed by atoms with Crippen LogP contribution in [0.15, 0.2) is 42.0 Å². The average molecular weight is 390 g/mol. The molecule has 3 rings (SSSR count). The van der Waals surface area contributed by atoms with E-state index in [-0.39, 0.29) is 12.4 Å². The molecular weight excluding hydrogens is 369 g/mol. The summed E-state index contributed by atoms with van der Waals surface area (Å²) in [7, 11) is 0. The summed E-state index contributed by atoms with van der Waals surface area (Å²) in [5, 5.41) is 0. The van der Waals surface area contributed by atoms with Gasteiger partial charge in [-0.2, -0.15) is 13.2 Å². The van der Waals surface area contributed by atoms with E-state index in [2.05, 4.69) is 0 Å². The van der Waals surface area contributed by atoms with Crippen molar-refractivity contribution >= 4 is 12.0 Å². The summed E-state index contributed by atoms with van der Waals surface area (Å²) < 4.78 is 50.5. The number of carbonyl (C=O) groups excluding carboxylic acids is 1. The minimum absolute atomic E-state index is 0.0119. The number of alkyl halides is 3. The highest BCUT2D eigenvalue weighted by Crippen LogP contribution is 2.39. The van der Waals surface area contributed by atoms with Crippen molar-refractivity contribution in [2.75, 3.05) is 6.61 Å². The molecule has 0 radical (unpaired) electrons. The normalized spacial score (nSPS) is 16.1. The summed E-state index contributed by atoms with van der Waals surface area (Å²) in [4.78, 5) is 12.0. The lowest BCUT2D eigenvalue weighted by Gasteiger charge is -2.28. The third-order valence-corrected chi connectivity index (χ3v) is 4.76. The van der Waals surface area contributed by atoms with Crippen molar-refractivity contribution in [2.24, 2.45) is 0 Å². The zero-order valence-corrected chi connectivity index (χ0v) is 15.9. The van der Waals surface area contributed by atoms with Gasteiger partial charge in [0.05, 0.1) is 12.2 Å². The van der Waals surface area contributed by atoms with Crippen LogP contribution in [-0.4, -0.2) is 24.9 Å². The zero-order chi connectivity index (χ0) is 20.5. The fourth-order valence-corrected chi connectivity index (χ4v) is 3.23. The Hall–Kier alpha value is -2.76. The van der Waals surface area contributed by atoms with Gasteiger partial charge in [-0.3, -0.25) is 0 Å². The van der Waals surface area contributed by atoms with E-state index < -0.39 is 23.8 Å². The third kappa shape index (κ3) is 4.06. The second-order valence-corrected chi connectivity index (χ2v) is 6.78. The molecule has 2 aromatic carbocycles. The first-order valence-corrected chi connectivity index (χ1v) is 9.00. The molecule has 3 nitrogen and oxygen atoms in total. The maximum Gasteiger partial charge on any atom is 0.430 e. The number of esters is 1. The summed E-state index contributed by atoms with van der Waals surface area (Å²) in [6.07, 6.45) is -5.26. The van der Waals surface area contributed by atoms with Crippen LogP contribution in [0.5, 0.6) is 5.75 Å². The molecule has 1 unspecified atom stereocenters. The molecule has 0 aromatic heterocycles. The van der Waals surface area contributed by atoms with Crippen LogP contribution in [0.1, 0.15) is 34.7 Å². The van der Waals surface area contributed by atoms with E-state index in [9.17, 15) is 18.0 Å². The maximum atomic E-state index is 13.5. The molecular formula is C22H21F3O3. The lowest BCUT2D eigenvalue weighted by atomic mass is 9.93. The molecule has 28 heavy (non-hydrogen) atoms. The van der Waals surface area contributed by atoms with E-state index in [0.29, 0.717) is 12.0 Å². The predicted octanol–water partition coefficient (Wildman–Crippen LogP) is 5.16. The maximum absolute atomic E-state index is 13.5. The Bertz CT molecular complexity index is 929. The van der Waals surface area contributed by atoms with E-state index in [4.69, 9.17) is 9.47 Å². The Kier molecular flexibility index (Phi) is 5.49. The Balaban J connectivity index is 2.02. The van der Waals surface area contributed by atoms with Gasteiger partial charge in [-0.15, -0.1) is 0 Å². The Labute approximate surface area is 161 Å². The Morgan fingerprint density at radius 3 is 2.46 bits per heavy atom. The van der Waals surface area contributed by atoms with Gasteiger partial charge in [-0.05, 0) is 67.7 Å². The number of rotatable bonds is 4. The number of hydrogen-bond acceptors (Lipinski definition) is 3. The molecule has 1 atom stereocenters. The molecule has 0 saturated carbocycles. The third-order valence-electron chi connectivity index (χ3n) is 4.76. The van der Waals surface area contributed by atoms with Crippen molar-refractivity contribution in [3.8, 4) is 5.75 Å². The average Bonchev–Trinajstić information content (AvgIpc) is 2.62. The van der Waals surface area contributed by atoms with E-state index in [1.807, 2.05) is 38.1 Å². The van der Waals surface area contributed by atoms with Crippen molar-refractivity contribution in [1.29, 1.82) is 0 Å². The van der Waals surface area contributed by atoms with E-state index in [1.165, 1.54) is 6.08 Å². The molecule has 1 aliphatic rings. The predicted molar refractivity (Wildman–Crippen MR) is 100 cm³/mol. The van der Waals surface area contributed by atoms with Crippen LogP contribution in [0.2, 0.25) is 0 Å². The van der Waals surface area contributed by atoms with E-state index in [1.54, 1.807) is 19.1 Å². The van der Waals surface area contributed by atoms with Crippen LogP contribution in [0, 0.1) is 13.8 Å². The number of ether oxygens (including phenoxy) is 2. The minimum Gasteiger partial charge on any atom is -0.475 e. The van der Waals surface area contributed by atoms with Crippen LogP contribution >= 0.6 is 0 Å². The van der Waals surface area contributed by atoms with Gasteiger partial charge in [0.25, 0.3) is 0 Å². The van der Waals surface area contributed by atoms with Crippen LogP contribution in [0.3, 0.4) is 0 Å². The second kappa shape index (κ2) is 7.70. The molecule has 2 aromatic rings. The fraction of sp³-hybridized carbons (Fsp3) is 0.318. The number of aryl methyl sites for hydroxylation is 2. The molecule has 0 aliphatic carbocycles. The highest BCUT2D eigenvalue weighted by molar-refractivity contribution is 5.96. The van der Waals surface area contributed by atoms with E-state index in [0.717, 1.165) is 22.3 Å². The van der Waals surface area contributed by atoms with Crippen LogP contribution in [-0.2, 0) is 16.0 Å². The zero-order valence-electron chi connectivity index (χ0n) is 15.9. The van der Waals surface area contributed by atoms with Gasteiger partial charge in [0, 0.05) is 5.56 Å². The van der Waals surface area contributed by atoms with Crippen LogP contribution in [0.25, 0.3) is 6.08 Å². The largest absolute Gasteiger partial charge is 0.475 e. The molecule has 0 N–H and O–H groups in total. The molecule has 1 aliphatic heterocycles. The van der Waals surface area contributed by atoms with E-state index >= 15 is 0 Å². The lowest BCUT2D eigenvalue weighted by molar-refractivity contribution is -0.187. The number of benzene rings is 2. The standard InChI is InChI=1S/C22H21F3O3/c1-4-27-21(26)18-11-17-9-14(3)16(10-15-8-6-5-7-13(15)2)12-19(17)28-20(18)22(23,24)25/h5-9,11-12,20H,4,10H2,1-3H3. The summed E-state index contributed by atoms with van der Waals surface area (Å²) in [6.45, 7) is 5.41. The highest BCUT2D eigenvalue weighted by atomic mass is 19.4. The molecule has 1 heterocycles. The van der Waals surface area contributed by atoms with Crippen molar-refractivity contribution in [3.63, 3.8) is 0 Å². The van der Waals surface area contributed by atoms with Crippen LogP contribution in [0.4, 0.5) is 13.2 Å². The van der Waals surface area contributed by atoms with Gasteiger partial charge in [0.15, 0.2) is 0 Å². The van der Waals surface area contributed by atoms with Gasteiger partial charge in [-0.1, -0.05) is 24.3 Å². The van der Waals surface area contributed by atoms with Gasteiger partial charge in [0.2, 0.25) is 6.10 Å².